The average molecular weight is 474 g/mol. The fraction of sp³-hybridized carbons (Fsp3) is 0.536. The first-order valence-electron chi connectivity index (χ1n) is 13.0. The lowest BCUT2D eigenvalue weighted by Crippen LogP contribution is -2.30. The second kappa shape index (κ2) is 9.36. The first-order chi connectivity index (χ1) is 17.1. The van der Waals surface area contributed by atoms with E-state index in [9.17, 15) is 0 Å². The van der Waals surface area contributed by atoms with Crippen LogP contribution in [-0.2, 0) is 16.1 Å². The molecule has 1 saturated heterocycles. The Kier molecular flexibility index (Phi) is 6.06. The number of hydrogen-bond donors (Lipinski definition) is 1. The highest BCUT2D eigenvalue weighted by Gasteiger charge is 2.29. The van der Waals surface area contributed by atoms with Gasteiger partial charge in [-0.2, -0.15) is 5.10 Å². The number of aromatic nitrogens is 5. The zero-order chi connectivity index (χ0) is 23.9. The number of hydrogen-bond acceptors (Lipinski definition) is 5. The third-order valence-corrected chi connectivity index (χ3v) is 7.96. The van der Waals surface area contributed by atoms with Gasteiger partial charge in [-0.15, -0.1) is 0 Å². The number of fused-ring (bicyclic) bond motifs is 2. The van der Waals surface area contributed by atoms with Crippen LogP contribution in [-0.4, -0.2) is 44.9 Å². The van der Waals surface area contributed by atoms with Gasteiger partial charge in [-0.3, -0.25) is 4.98 Å². The molecule has 7 heteroatoms. The van der Waals surface area contributed by atoms with Crippen molar-refractivity contribution in [2.75, 3.05) is 20.3 Å². The molecule has 184 valence electrons. The second-order valence-corrected chi connectivity index (χ2v) is 10.8. The third-order valence-electron chi connectivity index (χ3n) is 7.96. The number of nitrogens with one attached hydrogen (secondary N) is 1. The molecular weight excluding hydrogens is 438 g/mol. The molecule has 1 aliphatic carbocycles. The van der Waals surface area contributed by atoms with Gasteiger partial charge in [0.25, 0.3) is 0 Å². The minimum atomic E-state index is 0.333. The van der Waals surface area contributed by atoms with Crippen LogP contribution in [0.25, 0.3) is 27.9 Å². The van der Waals surface area contributed by atoms with Gasteiger partial charge in [0, 0.05) is 47.5 Å². The summed E-state index contributed by atoms with van der Waals surface area (Å²) in [5, 5.41) is 4.40. The Morgan fingerprint density at radius 2 is 1.97 bits per heavy atom. The molecule has 0 atom stereocenters. The SMILES string of the molecule is COCc1cc(-c2[nH]c3ccc(C4CCC(CC5COC5)CC4)nc3c2C(C)C)cn2ncnc12. The van der Waals surface area contributed by atoms with Crippen LogP contribution in [0, 0.1) is 11.8 Å². The summed E-state index contributed by atoms with van der Waals surface area (Å²) in [5.41, 5.74) is 8.77. The van der Waals surface area contributed by atoms with Crippen LogP contribution in [0.3, 0.4) is 0 Å². The third kappa shape index (κ3) is 4.25. The Balaban J connectivity index is 1.33. The van der Waals surface area contributed by atoms with Gasteiger partial charge in [0.1, 0.15) is 6.33 Å². The summed E-state index contributed by atoms with van der Waals surface area (Å²) in [7, 11) is 1.71. The number of rotatable bonds is 7. The zero-order valence-electron chi connectivity index (χ0n) is 21.0. The lowest BCUT2D eigenvalue weighted by molar-refractivity contribution is -0.0448. The highest BCUT2D eigenvalue weighted by molar-refractivity contribution is 5.88. The largest absolute Gasteiger partial charge is 0.381 e. The van der Waals surface area contributed by atoms with Crippen molar-refractivity contribution in [1.29, 1.82) is 0 Å². The molecule has 0 unspecified atom stereocenters. The summed E-state index contributed by atoms with van der Waals surface area (Å²) in [4.78, 5) is 13.4. The van der Waals surface area contributed by atoms with Gasteiger partial charge in [0.05, 0.1) is 36.5 Å². The molecule has 0 amide bonds. The van der Waals surface area contributed by atoms with E-state index >= 15 is 0 Å². The lowest BCUT2D eigenvalue weighted by Gasteiger charge is -2.34. The fourth-order valence-corrected chi connectivity index (χ4v) is 6.10. The lowest BCUT2D eigenvalue weighted by atomic mass is 9.76. The quantitative estimate of drug-likeness (QED) is 0.364. The van der Waals surface area contributed by atoms with Crippen molar-refractivity contribution in [2.24, 2.45) is 11.8 Å². The van der Waals surface area contributed by atoms with Gasteiger partial charge >= 0.3 is 0 Å². The summed E-state index contributed by atoms with van der Waals surface area (Å²) in [6.07, 6.45) is 10.1. The van der Waals surface area contributed by atoms with E-state index in [-0.39, 0.29) is 0 Å². The average Bonchev–Trinajstić information content (AvgIpc) is 3.46. The number of pyridine rings is 2. The van der Waals surface area contributed by atoms with E-state index in [4.69, 9.17) is 14.5 Å². The summed E-state index contributed by atoms with van der Waals surface area (Å²) in [5.74, 6) is 2.56. The van der Waals surface area contributed by atoms with Crippen molar-refractivity contribution in [3.8, 4) is 11.3 Å². The molecule has 1 N–H and O–H groups in total. The molecule has 4 aromatic heterocycles. The van der Waals surface area contributed by atoms with E-state index in [1.54, 1.807) is 13.4 Å². The molecule has 1 aliphatic heterocycles. The predicted molar refractivity (Wildman–Crippen MR) is 137 cm³/mol. The minimum absolute atomic E-state index is 0.333. The van der Waals surface area contributed by atoms with Crippen molar-refractivity contribution in [1.82, 2.24) is 24.6 Å². The second-order valence-electron chi connectivity index (χ2n) is 10.8. The summed E-state index contributed by atoms with van der Waals surface area (Å²) >= 11 is 0. The Bertz CT molecular complexity index is 1330. The molecule has 0 aromatic carbocycles. The summed E-state index contributed by atoms with van der Waals surface area (Å²) in [6.45, 7) is 6.94. The maximum absolute atomic E-state index is 5.44. The molecule has 7 nitrogen and oxygen atoms in total. The topological polar surface area (TPSA) is 77.3 Å². The molecule has 0 bridgehead atoms. The van der Waals surface area contributed by atoms with Crippen molar-refractivity contribution in [3.63, 3.8) is 0 Å². The predicted octanol–water partition coefficient (Wildman–Crippen LogP) is 5.85. The molecule has 4 aromatic rings. The van der Waals surface area contributed by atoms with Crippen molar-refractivity contribution in [3.05, 3.63) is 47.5 Å². The molecule has 0 spiro atoms. The monoisotopic (exact) mass is 473 g/mol. The van der Waals surface area contributed by atoms with Crippen LogP contribution in [0.5, 0.6) is 0 Å². The number of nitrogens with zero attached hydrogens (tertiary/aromatic N) is 4. The Labute approximate surface area is 206 Å². The van der Waals surface area contributed by atoms with Crippen molar-refractivity contribution in [2.45, 2.75) is 64.4 Å². The van der Waals surface area contributed by atoms with Crippen molar-refractivity contribution >= 4 is 16.7 Å². The number of aromatic amines is 1. The maximum Gasteiger partial charge on any atom is 0.160 e. The van der Waals surface area contributed by atoms with E-state index in [2.05, 4.69) is 47.1 Å². The number of H-pyrrole nitrogens is 1. The fourth-order valence-electron chi connectivity index (χ4n) is 6.10. The Morgan fingerprint density at radius 3 is 2.69 bits per heavy atom. The van der Waals surface area contributed by atoms with Crippen molar-refractivity contribution < 1.29 is 9.47 Å². The highest BCUT2D eigenvalue weighted by Crippen LogP contribution is 2.40. The van der Waals surface area contributed by atoms with Crippen LogP contribution in [0.15, 0.2) is 30.7 Å². The standard InChI is InChI=1S/C28H35N5O2/c1-17(2)25-26(21-11-22(15-34-3)28-29-16-30-33(28)12-21)32-24-9-8-23(31-27(24)25)20-6-4-18(5-7-20)10-19-13-35-14-19/h8-9,11-12,16-20,32H,4-7,10,13-15H2,1-3H3. The Morgan fingerprint density at radius 1 is 1.14 bits per heavy atom. The normalized spacial score (nSPS) is 21.3. The smallest absolute Gasteiger partial charge is 0.160 e. The van der Waals surface area contributed by atoms with E-state index < -0.39 is 0 Å². The van der Waals surface area contributed by atoms with Crippen LogP contribution in [0.4, 0.5) is 0 Å². The van der Waals surface area contributed by atoms with Crippen LogP contribution in [0.1, 0.15) is 74.6 Å². The van der Waals surface area contributed by atoms with E-state index in [1.807, 2.05) is 10.7 Å². The molecule has 5 heterocycles. The van der Waals surface area contributed by atoms with Gasteiger partial charge in [0.2, 0.25) is 0 Å². The molecule has 6 rings (SSSR count). The number of methoxy groups -OCH3 is 1. The highest BCUT2D eigenvalue weighted by atomic mass is 16.5. The summed E-state index contributed by atoms with van der Waals surface area (Å²) in [6, 6.07) is 6.64. The van der Waals surface area contributed by atoms with Gasteiger partial charge in [-0.05, 0) is 62.1 Å². The molecule has 2 fully saturated rings. The minimum Gasteiger partial charge on any atom is -0.381 e. The summed E-state index contributed by atoms with van der Waals surface area (Å²) < 4.78 is 12.7. The van der Waals surface area contributed by atoms with Gasteiger partial charge in [-0.25, -0.2) is 9.50 Å². The molecule has 0 radical (unpaired) electrons. The van der Waals surface area contributed by atoms with Gasteiger partial charge in [0.15, 0.2) is 5.65 Å². The van der Waals surface area contributed by atoms with Crippen LogP contribution >= 0.6 is 0 Å². The first-order valence-corrected chi connectivity index (χ1v) is 13.0. The van der Waals surface area contributed by atoms with Gasteiger partial charge < -0.3 is 14.5 Å². The van der Waals surface area contributed by atoms with E-state index in [1.165, 1.54) is 43.4 Å². The molecule has 35 heavy (non-hydrogen) atoms. The first kappa shape index (κ1) is 22.7. The molecular formula is C28H35N5O2. The molecule has 1 saturated carbocycles. The zero-order valence-corrected chi connectivity index (χ0v) is 21.0. The van der Waals surface area contributed by atoms with Gasteiger partial charge in [-0.1, -0.05) is 13.8 Å². The maximum atomic E-state index is 5.44. The van der Waals surface area contributed by atoms with Crippen LogP contribution in [0.2, 0.25) is 0 Å². The Hall–Kier alpha value is -2.77. The van der Waals surface area contributed by atoms with E-state index in [0.29, 0.717) is 18.4 Å². The van der Waals surface area contributed by atoms with E-state index in [0.717, 1.165) is 58.6 Å². The molecule has 2 aliphatic rings. The number of ether oxygens (including phenoxy) is 2. The van der Waals surface area contributed by atoms with Crippen LogP contribution < -0.4 is 0 Å².